The number of ether oxygens (including phenoxy) is 2. The Morgan fingerprint density at radius 3 is 2.52 bits per heavy atom. The molecule has 0 aromatic rings. The first kappa shape index (κ1) is 15.4. The maximum atomic E-state index is 12.7. The minimum atomic E-state index is -3.23. The van der Waals surface area contributed by atoms with Gasteiger partial charge in [0, 0.05) is 25.7 Å². The average molecular weight is 316 g/mol. The number of carbonyl (C=O) groups is 1. The van der Waals surface area contributed by atoms with Gasteiger partial charge in [0.1, 0.15) is 5.25 Å². The van der Waals surface area contributed by atoms with Gasteiger partial charge in [0.25, 0.3) is 0 Å². The summed E-state index contributed by atoms with van der Waals surface area (Å²) in [5.41, 5.74) is -0.255. The van der Waals surface area contributed by atoms with Crippen molar-refractivity contribution in [2.75, 3.05) is 25.6 Å². The molecule has 120 valence electrons. The average Bonchev–Trinajstić information content (AvgIpc) is 2.47. The quantitative estimate of drug-likeness (QED) is 0.772. The van der Waals surface area contributed by atoms with Gasteiger partial charge in [0.15, 0.2) is 15.6 Å². The molecule has 0 N–H and O–H groups in total. The number of rotatable bonds is 2. The fourth-order valence-electron chi connectivity index (χ4n) is 3.90. The van der Waals surface area contributed by atoms with Crippen LogP contribution < -0.4 is 0 Å². The van der Waals surface area contributed by atoms with E-state index in [9.17, 15) is 13.2 Å². The van der Waals surface area contributed by atoms with Gasteiger partial charge in [-0.1, -0.05) is 6.42 Å². The molecular weight excluding hydrogens is 292 g/mol. The molecular formula is C15H24O5S. The van der Waals surface area contributed by atoms with Gasteiger partial charge >= 0.3 is 0 Å². The highest BCUT2D eigenvalue weighted by molar-refractivity contribution is 7.92. The van der Waals surface area contributed by atoms with E-state index in [2.05, 4.69) is 0 Å². The maximum absolute atomic E-state index is 12.7. The Morgan fingerprint density at radius 1 is 1.05 bits per heavy atom. The first-order valence-electron chi connectivity index (χ1n) is 7.99. The Balaban J connectivity index is 1.72. The zero-order chi connectivity index (χ0) is 14.9. The van der Waals surface area contributed by atoms with Crippen molar-refractivity contribution in [3.63, 3.8) is 0 Å². The number of carbonyl (C=O) groups excluding carboxylic acids is 1. The van der Waals surface area contributed by atoms with Gasteiger partial charge in [-0.2, -0.15) is 0 Å². The van der Waals surface area contributed by atoms with Crippen molar-refractivity contribution in [2.24, 2.45) is 5.92 Å². The first-order chi connectivity index (χ1) is 10.0. The fourth-order valence-corrected chi connectivity index (χ4v) is 5.86. The standard InChI is InChI=1S/C15H24O5S/c16-14(13-3-1-2-10-21(13,17)18)12-4-7-20-15(11-12)5-8-19-9-6-15/h12-13H,1-11H2. The summed E-state index contributed by atoms with van der Waals surface area (Å²) in [7, 11) is -3.23. The predicted molar refractivity (Wildman–Crippen MR) is 77.9 cm³/mol. The Morgan fingerprint density at radius 2 is 1.81 bits per heavy atom. The van der Waals surface area contributed by atoms with Crippen molar-refractivity contribution in [2.45, 2.75) is 55.8 Å². The Labute approximate surface area is 126 Å². The maximum Gasteiger partial charge on any atom is 0.160 e. The molecule has 3 rings (SSSR count). The third kappa shape index (κ3) is 3.17. The Bertz CT molecular complexity index is 487. The molecule has 0 aromatic carbocycles. The lowest BCUT2D eigenvalue weighted by molar-refractivity contribution is -0.156. The van der Waals surface area contributed by atoms with Gasteiger partial charge in [0.05, 0.1) is 11.4 Å². The van der Waals surface area contributed by atoms with Crippen LogP contribution in [0.3, 0.4) is 0 Å². The molecule has 3 fully saturated rings. The predicted octanol–water partition coefficient (Wildman–Crippen LogP) is 1.50. The number of sulfone groups is 1. The molecule has 21 heavy (non-hydrogen) atoms. The van der Waals surface area contributed by atoms with E-state index in [0.29, 0.717) is 45.5 Å². The van der Waals surface area contributed by atoms with Crippen molar-refractivity contribution in [1.29, 1.82) is 0 Å². The summed E-state index contributed by atoms with van der Waals surface area (Å²) in [6.07, 6.45) is 5.00. The normalized spacial score (nSPS) is 35.4. The van der Waals surface area contributed by atoms with Gasteiger partial charge < -0.3 is 9.47 Å². The van der Waals surface area contributed by atoms with Gasteiger partial charge in [-0.25, -0.2) is 8.42 Å². The van der Waals surface area contributed by atoms with E-state index in [1.165, 1.54) is 0 Å². The highest BCUT2D eigenvalue weighted by Gasteiger charge is 2.45. The summed E-state index contributed by atoms with van der Waals surface area (Å²) >= 11 is 0. The molecule has 3 heterocycles. The minimum absolute atomic E-state index is 0.0520. The molecule has 2 unspecified atom stereocenters. The van der Waals surface area contributed by atoms with Gasteiger partial charge in [-0.15, -0.1) is 0 Å². The fraction of sp³-hybridized carbons (Fsp3) is 0.933. The van der Waals surface area contributed by atoms with Gasteiger partial charge in [0.2, 0.25) is 0 Å². The molecule has 1 spiro atoms. The molecule has 3 saturated heterocycles. The summed E-state index contributed by atoms with van der Waals surface area (Å²) in [5.74, 6) is -0.0374. The molecule has 6 heteroatoms. The third-order valence-corrected chi connectivity index (χ3v) is 7.39. The largest absolute Gasteiger partial charge is 0.381 e. The molecule has 0 radical (unpaired) electrons. The Kier molecular flexibility index (Phi) is 4.39. The second-order valence-electron chi connectivity index (χ2n) is 6.59. The van der Waals surface area contributed by atoms with E-state index >= 15 is 0 Å². The van der Waals surface area contributed by atoms with Crippen molar-refractivity contribution in [3.05, 3.63) is 0 Å². The Hall–Kier alpha value is -0.460. The minimum Gasteiger partial charge on any atom is -0.381 e. The van der Waals surface area contributed by atoms with Crippen LogP contribution in [0.5, 0.6) is 0 Å². The molecule has 3 aliphatic rings. The van der Waals surface area contributed by atoms with Crippen LogP contribution in [0, 0.1) is 5.92 Å². The van der Waals surface area contributed by atoms with E-state index in [1.54, 1.807) is 0 Å². The van der Waals surface area contributed by atoms with Crippen molar-refractivity contribution < 1.29 is 22.7 Å². The zero-order valence-electron chi connectivity index (χ0n) is 12.4. The molecule has 0 aliphatic carbocycles. The van der Waals surface area contributed by atoms with E-state index < -0.39 is 15.1 Å². The topological polar surface area (TPSA) is 69.7 Å². The highest BCUT2D eigenvalue weighted by atomic mass is 32.2. The molecule has 0 amide bonds. The second-order valence-corrected chi connectivity index (χ2v) is 8.89. The first-order valence-corrected chi connectivity index (χ1v) is 9.71. The number of Topliss-reactive ketones (excluding diaryl/α,β-unsaturated/α-hetero) is 1. The summed E-state index contributed by atoms with van der Waals surface area (Å²) in [4.78, 5) is 12.7. The smallest absolute Gasteiger partial charge is 0.160 e. The van der Waals surface area contributed by atoms with Gasteiger partial charge in [-0.05, 0) is 38.5 Å². The summed E-state index contributed by atoms with van der Waals surface area (Å²) in [6.45, 7) is 1.90. The van der Waals surface area contributed by atoms with E-state index in [1.807, 2.05) is 0 Å². The number of hydrogen-bond acceptors (Lipinski definition) is 5. The van der Waals surface area contributed by atoms with Gasteiger partial charge in [-0.3, -0.25) is 4.79 Å². The molecule has 3 aliphatic heterocycles. The summed E-state index contributed by atoms with van der Waals surface area (Å²) in [5, 5.41) is -0.758. The van der Waals surface area contributed by atoms with Crippen LogP contribution >= 0.6 is 0 Å². The monoisotopic (exact) mass is 316 g/mol. The molecule has 0 aromatic heterocycles. The highest BCUT2D eigenvalue weighted by Crippen LogP contribution is 2.39. The summed E-state index contributed by atoms with van der Waals surface area (Å²) in [6, 6.07) is 0. The molecule has 0 bridgehead atoms. The van der Waals surface area contributed by atoms with Crippen LogP contribution in [-0.2, 0) is 24.1 Å². The van der Waals surface area contributed by atoms with Crippen LogP contribution in [0.25, 0.3) is 0 Å². The van der Waals surface area contributed by atoms with E-state index in [-0.39, 0.29) is 23.1 Å². The van der Waals surface area contributed by atoms with Crippen molar-refractivity contribution >= 4 is 15.6 Å². The SMILES string of the molecule is O=C(C1CCOC2(CCOCC2)C1)C1CCCCS1(=O)=O. The van der Waals surface area contributed by atoms with Crippen LogP contribution in [0.2, 0.25) is 0 Å². The second kappa shape index (κ2) is 5.97. The van der Waals surface area contributed by atoms with Crippen LogP contribution in [0.4, 0.5) is 0 Å². The van der Waals surface area contributed by atoms with Crippen molar-refractivity contribution in [3.8, 4) is 0 Å². The number of hydrogen-bond donors (Lipinski definition) is 0. The van der Waals surface area contributed by atoms with Crippen molar-refractivity contribution in [1.82, 2.24) is 0 Å². The van der Waals surface area contributed by atoms with Crippen LogP contribution in [0.1, 0.15) is 44.9 Å². The molecule has 5 nitrogen and oxygen atoms in total. The number of ketones is 1. The third-order valence-electron chi connectivity index (χ3n) is 5.20. The van der Waals surface area contributed by atoms with Crippen LogP contribution in [-0.4, -0.2) is 50.6 Å². The zero-order valence-corrected chi connectivity index (χ0v) is 13.2. The molecule has 2 atom stereocenters. The lowest BCUT2D eigenvalue weighted by Gasteiger charge is -2.43. The molecule has 0 saturated carbocycles. The lowest BCUT2D eigenvalue weighted by atomic mass is 9.78. The van der Waals surface area contributed by atoms with E-state index in [0.717, 1.165) is 19.3 Å². The van der Waals surface area contributed by atoms with Crippen LogP contribution in [0.15, 0.2) is 0 Å². The summed E-state index contributed by atoms with van der Waals surface area (Å²) < 4.78 is 35.6. The lowest BCUT2D eigenvalue weighted by Crippen LogP contribution is -2.48. The van der Waals surface area contributed by atoms with E-state index in [4.69, 9.17) is 9.47 Å².